The van der Waals surface area contributed by atoms with E-state index in [2.05, 4.69) is 5.32 Å². The highest BCUT2D eigenvalue weighted by atomic mass is 31.1. The molecule has 0 aliphatic carbocycles. The van der Waals surface area contributed by atoms with Crippen LogP contribution < -0.4 is 11.1 Å². The van der Waals surface area contributed by atoms with E-state index in [-0.39, 0.29) is 38.5 Å². The number of hydrogen-bond donors (Lipinski definition) is 2. The number of alkyl carbamates (subject to hydrolysis) is 1. The van der Waals surface area contributed by atoms with E-state index < -0.39 is 38.2 Å². The molecule has 1 rings (SSSR count). The smallest absolute Gasteiger partial charge is 0.466 e. The van der Waals surface area contributed by atoms with Crippen LogP contribution >= 0.6 is 8.18 Å². The zero-order valence-electron chi connectivity index (χ0n) is 19.0. The maximum absolute atomic E-state index is 12.9. The van der Waals surface area contributed by atoms with Crippen LogP contribution in [0.15, 0.2) is 30.3 Å². The van der Waals surface area contributed by atoms with E-state index in [1.54, 1.807) is 20.8 Å². The zero-order valence-corrected chi connectivity index (χ0v) is 19.9. The topological polar surface area (TPSA) is 137 Å². The van der Waals surface area contributed by atoms with Crippen molar-refractivity contribution in [1.29, 1.82) is 0 Å². The van der Waals surface area contributed by atoms with E-state index in [9.17, 15) is 18.9 Å². The maximum Gasteiger partial charge on any atom is 0.648 e. The second-order valence-electron chi connectivity index (χ2n) is 7.31. The first kappa shape index (κ1) is 27.5. The predicted octanol–water partition coefficient (Wildman–Crippen LogP) is 2.74. The van der Waals surface area contributed by atoms with Crippen LogP contribution in [0.25, 0.3) is 0 Å². The van der Waals surface area contributed by atoms with Crippen molar-refractivity contribution in [3.05, 3.63) is 35.9 Å². The van der Waals surface area contributed by atoms with Crippen molar-refractivity contribution < 1.29 is 32.9 Å². The summed E-state index contributed by atoms with van der Waals surface area (Å²) in [4.78, 5) is 37.0. The van der Waals surface area contributed by atoms with E-state index in [4.69, 9.17) is 19.7 Å². The van der Waals surface area contributed by atoms with Gasteiger partial charge in [-0.2, -0.15) is 0 Å². The molecule has 0 heterocycles. The van der Waals surface area contributed by atoms with Gasteiger partial charge in [0.05, 0.1) is 32.2 Å². The Hall–Kier alpha value is -2.55. The number of nitrogens with two attached hydrogens (primary N) is 1. The molecule has 0 aliphatic heterocycles. The van der Waals surface area contributed by atoms with Crippen LogP contribution in [0.1, 0.15) is 39.2 Å². The summed E-state index contributed by atoms with van der Waals surface area (Å²) in [5.41, 5.74) is 6.80. The molecule has 0 radical (unpaired) electrons. The number of esters is 1. The molecule has 0 aliphatic rings. The van der Waals surface area contributed by atoms with Crippen LogP contribution in [0.5, 0.6) is 0 Å². The van der Waals surface area contributed by atoms with Crippen molar-refractivity contribution in [3.63, 3.8) is 0 Å². The summed E-state index contributed by atoms with van der Waals surface area (Å²) < 4.78 is 28.5. The molecular weight excluding hydrogens is 437 g/mol. The Morgan fingerprint density at radius 2 is 1.81 bits per heavy atom. The molecule has 0 spiro atoms. The fourth-order valence-corrected chi connectivity index (χ4v) is 3.69. The number of ether oxygens (including phenoxy) is 2. The minimum absolute atomic E-state index is 0.0608. The molecule has 11 heteroatoms. The minimum Gasteiger partial charge on any atom is -0.466 e. The third kappa shape index (κ3) is 9.30. The van der Waals surface area contributed by atoms with Crippen LogP contribution in [0.3, 0.4) is 0 Å². The Kier molecular flexibility index (Phi) is 12.5. The molecule has 2 amide bonds. The Bertz CT molecular complexity index is 761. The average molecular weight is 470 g/mol. The zero-order chi connectivity index (χ0) is 24.1. The summed E-state index contributed by atoms with van der Waals surface area (Å²) in [5.74, 6) is -1.40. The first-order valence-electron chi connectivity index (χ1n) is 10.4. The van der Waals surface area contributed by atoms with Crippen molar-refractivity contribution in [2.24, 2.45) is 11.7 Å². The molecule has 3 atom stereocenters. The highest BCUT2D eigenvalue weighted by Crippen LogP contribution is 2.33. The molecule has 1 aromatic carbocycles. The summed E-state index contributed by atoms with van der Waals surface area (Å²) in [6, 6.07) is 7.39. The van der Waals surface area contributed by atoms with Crippen molar-refractivity contribution in [3.8, 4) is 0 Å². The Labute approximate surface area is 189 Å². The van der Waals surface area contributed by atoms with Gasteiger partial charge >= 0.3 is 20.2 Å². The van der Waals surface area contributed by atoms with Gasteiger partial charge in [0.2, 0.25) is 0 Å². The van der Waals surface area contributed by atoms with E-state index >= 15 is 0 Å². The normalized spacial score (nSPS) is 13.1. The molecule has 0 bridgehead atoms. The second kappa shape index (κ2) is 14.5. The van der Waals surface area contributed by atoms with Crippen LogP contribution in [0.4, 0.5) is 4.79 Å². The predicted molar refractivity (Wildman–Crippen MR) is 119 cm³/mol. The van der Waals surface area contributed by atoms with E-state index in [0.717, 1.165) is 10.2 Å². The lowest BCUT2D eigenvalue weighted by atomic mass is 10.0. The minimum atomic E-state index is -2.58. The Balaban J connectivity index is 2.83. The van der Waals surface area contributed by atoms with Gasteiger partial charge in [-0.05, 0) is 29.4 Å². The number of amides is 2. The SMILES string of the molecule is CCOC(=O)C[C@@H](CCNC(=O)OCc1ccccc1)N(C(=O)[C@@H](N)C(C)C)[P+](=O)OC. The van der Waals surface area contributed by atoms with Gasteiger partial charge in [0.15, 0.2) is 0 Å². The van der Waals surface area contributed by atoms with Gasteiger partial charge in [-0.3, -0.25) is 9.59 Å². The van der Waals surface area contributed by atoms with E-state index in [1.165, 1.54) is 7.11 Å². The molecule has 32 heavy (non-hydrogen) atoms. The number of carbonyl (C=O) groups is 3. The standard InChI is InChI=1S/C21H32N3O7P/c1-5-30-18(25)13-17(24(32(28)29-4)20(26)19(22)15(2)3)11-12-23-21(27)31-14-16-9-7-6-8-10-16/h6-10,15,17,19H,5,11-14,22H2,1-4H3/p+1/t17-,19+/m1/s1. The van der Waals surface area contributed by atoms with Crippen LogP contribution in [-0.4, -0.2) is 55.0 Å². The van der Waals surface area contributed by atoms with Crippen molar-refractivity contribution in [2.75, 3.05) is 20.3 Å². The number of nitrogens with zero attached hydrogens (tertiary/aromatic N) is 1. The van der Waals surface area contributed by atoms with Gasteiger partial charge in [-0.15, -0.1) is 4.52 Å². The molecule has 178 valence electrons. The lowest BCUT2D eigenvalue weighted by Gasteiger charge is -2.24. The molecule has 10 nitrogen and oxygen atoms in total. The van der Waals surface area contributed by atoms with Crippen molar-refractivity contribution in [1.82, 2.24) is 9.99 Å². The molecular formula is C21H33N3O7P+. The Morgan fingerprint density at radius 1 is 1.16 bits per heavy atom. The summed E-state index contributed by atoms with van der Waals surface area (Å²) in [6.07, 6.45) is -0.771. The second-order valence-corrected chi connectivity index (χ2v) is 8.58. The molecule has 1 aromatic rings. The van der Waals surface area contributed by atoms with Crippen LogP contribution in [-0.2, 0) is 34.8 Å². The number of rotatable bonds is 13. The fourth-order valence-electron chi connectivity index (χ4n) is 2.76. The lowest BCUT2D eigenvalue weighted by Crippen LogP contribution is -2.49. The van der Waals surface area contributed by atoms with Gasteiger partial charge in [0.25, 0.3) is 5.91 Å². The van der Waals surface area contributed by atoms with Gasteiger partial charge in [0, 0.05) is 6.54 Å². The summed E-state index contributed by atoms with van der Waals surface area (Å²) in [5, 5.41) is 2.57. The molecule has 0 fully saturated rings. The fraction of sp³-hybridized carbons (Fsp3) is 0.571. The molecule has 0 saturated carbocycles. The summed E-state index contributed by atoms with van der Waals surface area (Å²) in [6.45, 7) is 5.49. The van der Waals surface area contributed by atoms with E-state index in [0.29, 0.717) is 0 Å². The molecule has 0 saturated heterocycles. The van der Waals surface area contributed by atoms with Gasteiger partial charge in [-0.1, -0.05) is 48.8 Å². The quantitative estimate of drug-likeness (QED) is 0.332. The van der Waals surface area contributed by atoms with E-state index in [1.807, 2.05) is 30.3 Å². The molecule has 3 N–H and O–H groups in total. The molecule has 1 unspecified atom stereocenters. The average Bonchev–Trinajstić information content (AvgIpc) is 2.77. The number of nitrogens with one attached hydrogen (secondary N) is 1. The van der Waals surface area contributed by atoms with Crippen LogP contribution in [0.2, 0.25) is 0 Å². The Morgan fingerprint density at radius 3 is 2.38 bits per heavy atom. The summed E-state index contributed by atoms with van der Waals surface area (Å²) >= 11 is 0. The number of benzene rings is 1. The maximum atomic E-state index is 12.9. The van der Waals surface area contributed by atoms with Crippen molar-refractivity contribution in [2.45, 2.75) is 52.3 Å². The monoisotopic (exact) mass is 470 g/mol. The lowest BCUT2D eigenvalue weighted by molar-refractivity contribution is -0.144. The number of hydrogen-bond acceptors (Lipinski definition) is 8. The first-order chi connectivity index (χ1) is 15.2. The highest BCUT2D eigenvalue weighted by molar-refractivity contribution is 7.37. The van der Waals surface area contributed by atoms with Gasteiger partial charge in [-0.25, -0.2) is 4.79 Å². The van der Waals surface area contributed by atoms with Crippen molar-refractivity contribution >= 4 is 26.1 Å². The third-order valence-electron chi connectivity index (χ3n) is 4.57. The molecule has 0 aromatic heterocycles. The third-order valence-corrected chi connectivity index (χ3v) is 5.76. The van der Waals surface area contributed by atoms with Crippen LogP contribution in [0, 0.1) is 5.92 Å². The first-order valence-corrected chi connectivity index (χ1v) is 11.5. The largest absolute Gasteiger partial charge is 0.648 e. The number of carbonyl (C=O) groups excluding carboxylic acids is 3. The highest BCUT2D eigenvalue weighted by Gasteiger charge is 2.44. The summed E-state index contributed by atoms with van der Waals surface area (Å²) in [7, 11) is -1.39. The van der Waals surface area contributed by atoms with Gasteiger partial charge < -0.3 is 20.5 Å². The van der Waals surface area contributed by atoms with Gasteiger partial charge in [0.1, 0.15) is 6.61 Å².